The molecule has 2 rings (SSSR count). The first-order valence-corrected chi connectivity index (χ1v) is 8.93. The van der Waals surface area contributed by atoms with Gasteiger partial charge in [0.1, 0.15) is 5.75 Å². The van der Waals surface area contributed by atoms with Gasteiger partial charge < -0.3 is 10.1 Å². The number of carbonyl (C=O) groups is 1. The van der Waals surface area contributed by atoms with Gasteiger partial charge in [-0.25, -0.2) is 0 Å². The van der Waals surface area contributed by atoms with Gasteiger partial charge in [-0.1, -0.05) is 45.0 Å². The third kappa shape index (κ3) is 4.22. The van der Waals surface area contributed by atoms with Gasteiger partial charge in [-0.3, -0.25) is 4.79 Å². The van der Waals surface area contributed by atoms with Crippen molar-refractivity contribution in [2.75, 3.05) is 7.11 Å². The first kappa shape index (κ1) is 19.0. The number of aryl methyl sites for hydroxylation is 2. The van der Waals surface area contributed by atoms with E-state index in [9.17, 15) is 4.79 Å². The van der Waals surface area contributed by atoms with Crippen LogP contribution in [0.5, 0.6) is 5.75 Å². The van der Waals surface area contributed by atoms with Crippen LogP contribution in [-0.2, 0) is 0 Å². The van der Waals surface area contributed by atoms with Gasteiger partial charge in [0, 0.05) is 5.56 Å². The standard InChI is InChI=1S/C22H29NO2/c1-7-20(17-11-9-8-10-15(17)4)23-22(24)19-13-18(14(2)3)21(25-6)12-16(19)5/h8-14,20H,7H2,1-6H3,(H,23,24). The molecule has 0 saturated carbocycles. The molecule has 0 fully saturated rings. The third-order valence-corrected chi connectivity index (χ3v) is 4.72. The Morgan fingerprint density at radius 3 is 2.32 bits per heavy atom. The predicted octanol–water partition coefficient (Wildman–Crippen LogP) is 5.32. The van der Waals surface area contributed by atoms with E-state index < -0.39 is 0 Å². The Labute approximate surface area is 151 Å². The van der Waals surface area contributed by atoms with Crippen LogP contribution in [0, 0.1) is 13.8 Å². The van der Waals surface area contributed by atoms with Gasteiger partial charge in [0.25, 0.3) is 5.91 Å². The second kappa shape index (κ2) is 8.19. The topological polar surface area (TPSA) is 38.3 Å². The maximum atomic E-state index is 12.9. The van der Waals surface area contributed by atoms with Gasteiger partial charge in [-0.15, -0.1) is 0 Å². The van der Waals surface area contributed by atoms with Gasteiger partial charge in [0.05, 0.1) is 13.2 Å². The number of amides is 1. The Balaban J connectivity index is 2.34. The van der Waals surface area contributed by atoms with Crippen LogP contribution in [0.4, 0.5) is 0 Å². The molecule has 3 heteroatoms. The third-order valence-electron chi connectivity index (χ3n) is 4.72. The molecule has 2 aromatic carbocycles. The van der Waals surface area contributed by atoms with Crippen LogP contribution in [0.25, 0.3) is 0 Å². The molecular formula is C22H29NO2. The molecule has 0 saturated heterocycles. The van der Waals surface area contributed by atoms with Crippen molar-refractivity contribution in [3.63, 3.8) is 0 Å². The molecule has 134 valence electrons. The molecule has 0 spiro atoms. The second-order valence-electron chi connectivity index (χ2n) is 6.85. The Bertz CT molecular complexity index is 750. The van der Waals surface area contributed by atoms with Crippen molar-refractivity contribution in [2.24, 2.45) is 0 Å². The highest BCUT2D eigenvalue weighted by Gasteiger charge is 2.19. The number of hydrogen-bond acceptors (Lipinski definition) is 2. The monoisotopic (exact) mass is 339 g/mol. The van der Waals surface area contributed by atoms with Crippen LogP contribution in [0.3, 0.4) is 0 Å². The highest BCUT2D eigenvalue weighted by molar-refractivity contribution is 5.96. The van der Waals surface area contributed by atoms with Crippen LogP contribution >= 0.6 is 0 Å². The first-order chi connectivity index (χ1) is 11.9. The maximum absolute atomic E-state index is 12.9. The van der Waals surface area contributed by atoms with Crippen molar-refractivity contribution < 1.29 is 9.53 Å². The molecule has 1 N–H and O–H groups in total. The molecule has 25 heavy (non-hydrogen) atoms. The summed E-state index contributed by atoms with van der Waals surface area (Å²) in [6.45, 7) is 10.3. The lowest BCUT2D eigenvalue weighted by Gasteiger charge is -2.21. The summed E-state index contributed by atoms with van der Waals surface area (Å²) in [5, 5.41) is 3.20. The lowest BCUT2D eigenvalue weighted by Crippen LogP contribution is -2.29. The summed E-state index contributed by atoms with van der Waals surface area (Å²) in [5.41, 5.74) is 5.08. The zero-order valence-corrected chi connectivity index (χ0v) is 16.1. The summed E-state index contributed by atoms with van der Waals surface area (Å²) >= 11 is 0. The molecule has 3 nitrogen and oxygen atoms in total. The van der Waals surface area contributed by atoms with Crippen molar-refractivity contribution in [1.82, 2.24) is 5.32 Å². The van der Waals surface area contributed by atoms with Crippen LogP contribution < -0.4 is 10.1 Å². The van der Waals surface area contributed by atoms with Gasteiger partial charge in [-0.05, 0) is 60.6 Å². The molecule has 1 amide bonds. The number of carbonyl (C=O) groups excluding carboxylic acids is 1. The fourth-order valence-corrected chi connectivity index (χ4v) is 3.18. The predicted molar refractivity (Wildman–Crippen MR) is 103 cm³/mol. The number of ether oxygens (including phenoxy) is 1. The zero-order valence-electron chi connectivity index (χ0n) is 16.1. The van der Waals surface area contributed by atoms with Gasteiger partial charge >= 0.3 is 0 Å². The highest BCUT2D eigenvalue weighted by atomic mass is 16.5. The zero-order chi connectivity index (χ0) is 18.6. The van der Waals surface area contributed by atoms with E-state index in [0.717, 1.165) is 28.9 Å². The minimum absolute atomic E-state index is 0.0118. The summed E-state index contributed by atoms with van der Waals surface area (Å²) in [6.07, 6.45) is 0.850. The molecule has 0 radical (unpaired) electrons. The average molecular weight is 339 g/mol. The van der Waals surface area contributed by atoms with E-state index in [0.29, 0.717) is 5.92 Å². The summed E-state index contributed by atoms with van der Waals surface area (Å²) in [5.74, 6) is 1.10. The number of hydrogen-bond donors (Lipinski definition) is 1. The lowest BCUT2D eigenvalue weighted by molar-refractivity contribution is 0.0934. The number of nitrogens with one attached hydrogen (secondary N) is 1. The number of rotatable bonds is 6. The Morgan fingerprint density at radius 1 is 1.08 bits per heavy atom. The smallest absolute Gasteiger partial charge is 0.252 e. The molecule has 0 aliphatic heterocycles. The van der Waals surface area contributed by atoms with E-state index in [2.05, 4.69) is 45.1 Å². The van der Waals surface area contributed by atoms with E-state index in [1.165, 1.54) is 11.1 Å². The summed E-state index contributed by atoms with van der Waals surface area (Å²) in [6, 6.07) is 12.2. The quantitative estimate of drug-likeness (QED) is 0.774. The van der Waals surface area contributed by atoms with Crippen LogP contribution in [0.1, 0.15) is 71.8 Å². The second-order valence-corrected chi connectivity index (χ2v) is 6.85. The van der Waals surface area contributed by atoms with Crippen molar-refractivity contribution in [3.8, 4) is 5.75 Å². The van der Waals surface area contributed by atoms with E-state index in [4.69, 9.17) is 4.74 Å². The van der Waals surface area contributed by atoms with E-state index >= 15 is 0 Å². The average Bonchev–Trinajstić information content (AvgIpc) is 2.59. The van der Waals surface area contributed by atoms with E-state index in [-0.39, 0.29) is 11.9 Å². The highest BCUT2D eigenvalue weighted by Crippen LogP contribution is 2.30. The molecule has 0 bridgehead atoms. The minimum atomic E-state index is -0.0304. The SMILES string of the molecule is CCC(NC(=O)c1cc(C(C)C)c(OC)cc1C)c1ccccc1C. The van der Waals surface area contributed by atoms with Gasteiger partial charge in [0.15, 0.2) is 0 Å². The van der Waals surface area contributed by atoms with Crippen molar-refractivity contribution in [2.45, 2.75) is 53.0 Å². The Hall–Kier alpha value is -2.29. The maximum Gasteiger partial charge on any atom is 0.252 e. The molecule has 1 unspecified atom stereocenters. The first-order valence-electron chi connectivity index (χ1n) is 8.93. The normalized spacial score (nSPS) is 12.1. The van der Waals surface area contributed by atoms with E-state index in [1.54, 1.807) is 7.11 Å². The molecule has 2 aromatic rings. The fourth-order valence-electron chi connectivity index (χ4n) is 3.18. The molecule has 0 aromatic heterocycles. The molecular weight excluding hydrogens is 310 g/mol. The van der Waals surface area contributed by atoms with Crippen molar-refractivity contribution in [3.05, 3.63) is 64.2 Å². The number of benzene rings is 2. The molecule has 0 aliphatic rings. The van der Waals surface area contributed by atoms with Crippen LogP contribution in [0.2, 0.25) is 0 Å². The number of methoxy groups -OCH3 is 1. The van der Waals surface area contributed by atoms with Crippen molar-refractivity contribution >= 4 is 5.91 Å². The Morgan fingerprint density at radius 2 is 1.76 bits per heavy atom. The van der Waals surface area contributed by atoms with Crippen LogP contribution in [0.15, 0.2) is 36.4 Å². The Kier molecular flexibility index (Phi) is 6.24. The molecule has 0 aliphatic carbocycles. The van der Waals surface area contributed by atoms with Crippen molar-refractivity contribution in [1.29, 1.82) is 0 Å². The largest absolute Gasteiger partial charge is 0.496 e. The minimum Gasteiger partial charge on any atom is -0.496 e. The summed E-state index contributed by atoms with van der Waals surface area (Å²) in [7, 11) is 1.67. The molecule has 0 heterocycles. The summed E-state index contributed by atoms with van der Waals surface area (Å²) < 4.78 is 5.48. The van der Waals surface area contributed by atoms with Gasteiger partial charge in [-0.2, -0.15) is 0 Å². The fraction of sp³-hybridized carbons (Fsp3) is 0.409. The summed E-state index contributed by atoms with van der Waals surface area (Å²) in [4.78, 5) is 12.9. The lowest BCUT2D eigenvalue weighted by atomic mass is 9.95. The van der Waals surface area contributed by atoms with E-state index in [1.807, 2.05) is 31.2 Å². The van der Waals surface area contributed by atoms with Gasteiger partial charge in [0.2, 0.25) is 0 Å². The van der Waals surface area contributed by atoms with Crippen LogP contribution in [-0.4, -0.2) is 13.0 Å². The molecule has 1 atom stereocenters.